The van der Waals surface area contributed by atoms with Gasteiger partial charge in [0, 0.05) is 24.5 Å². The van der Waals surface area contributed by atoms with Crippen molar-refractivity contribution in [3.8, 4) is 5.75 Å². The molecular formula is C21H21F3N4O4. The number of amides is 2. The molecule has 2 amide bonds. The molecule has 11 heteroatoms. The third-order valence-corrected chi connectivity index (χ3v) is 4.89. The third kappa shape index (κ3) is 5.48. The Morgan fingerprint density at radius 1 is 1.25 bits per heavy atom. The average Bonchev–Trinajstić information content (AvgIpc) is 3.15. The van der Waals surface area contributed by atoms with Gasteiger partial charge in [-0.25, -0.2) is 14.1 Å². The fourth-order valence-corrected chi connectivity index (χ4v) is 3.07. The Hall–Kier alpha value is -3.76. The molecule has 0 aliphatic carbocycles. The molecular weight excluding hydrogens is 429 g/mol. The van der Waals surface area contributed by atoms with Crippen molar-refractivity contribution in [3.63, 3.8) is 0 Å². The molecule has 2 aromatic heterocycles. The Bertz CT molecular complexity index is 1110. The van der Waals surface area contributed by atoms with Crippen LogP contribution in [0.15, 0.2) is 48.8 Å². The van der Waals surface area contributed by atoms with Crippen LogP contribution in [0.4, 0.5) is 23.7 Å². The molecule has 0 aliphatic rings. The number of pyridine rings is 1. The van der Waals surface area contributed by atoms with E-state index >= 15 is 0 Å². The number of nitrogens with zero attached hydrogens (tertiary/aromatic N) is 3. The fraction of sp³-hybridized carbons (Fsp3) is 0.286. The normalized spacial score (nSPS) is 12.4. The smallest absolute Gasteiger partial charge is 0.478 e. The van der Waals surface area contributed by atoms with Crippen molar-refractivity contribution in [1.82, 2.24) is 14.5 Å². The maximum Gasteiger partial charge on any atom is 0.573 e. The first kappa shape index (κ1) is 22.9. The minimum absolute atomic E-state index is 0.0487. The molecule has 0 radical (unpaired) electrons. The van der Waals surface area contributed by atoms with E-state index in [0.29, 0.717) is 23.2 Å². The highest BCUT2D eigenvalue weighted by molar-refractivity contribution is 5.95. The molecule has 0 saturated heterocycles. The summed E-state index contributed by atoms with van der Waals surface area (Å²) in [6.07, 6.45) is -1.27. The lowest BCUT2D eigenvalue weighted by molar-refractivity contribution is -0.274. The number of alkyl halides is 3. The van der Waals surface area contributed by atoms with Gasteiger partial charge in [-0.1, -0.05) is 6.92 Å². The predicted octanol–water partition coefficient (Wildman–Crippen LogP) is 4.76. The Labute approximate surface area is 181 Å². The number of benzene rings is 1. The van der Waals surface area contributed by atoms with Crippen LogP contribution in [0, 0.1) is 0 Å². The number of aromatic carboxylic acids is 1. The number of nitrogens with one attached hydrogen (secondary N) is 1. The Morgan fingerprint density at radius 2 is 1.94 bits per heavy atom. The van der Waals surface area contributed by atoms with Crippen molar-refractivity contribution in [2.75, 3.05) is 5.32 Å². The SMILES string of the molecule is CCC(C)N(Cc1ccn2ncc(C(=O)O)c2c1)C(=O)Nc1ccc(OC(F)(F)F)cc1. The van der Waals surface area contributed by atoms with E-state index in [0.717, 1.165) is 12.1 Å². The summed E-state index contributed by atoms with van der Waals surface area (Å²) in [6.45, 7) is 3.97. The first-order valence-electron chi connectivity index (χ1n) is 9.70. The molecule has 0 bridgehead atoms. The first-order chi connectivity index (χ1) is 15.1. The zero-order valence-corrected chi connectivity index (χ0v) is 17.3. The van der Waals surface area contributed by atoms with Gasteiger partial charge >= 0.3 is 18.4 Å². The number of urea groups is 1. The second-order valence-corrected chi connectivity index (χ2v) is 7.12. The lowest BCUT2D eigenvalue weighted by Gasteiger charge is -2.29. The summed E-state index contributed by atoms with van der Waals surface area (Å²) < 4.78 is 42.2. The van der Waals surface area contributed by atoms with Gasteiger partial charge < -0.3 is 20.1 Å². The third-order valence-electron chi connectivity index (χ3n) is 4.89. The quantitative estimate of drug-likeness (QED) is 0.541. The molecule has 0 aliphatic heterocycles. The maximum absolute atomic E-state index is 12.9. The summed E-state index contributed by atoms with van der Waals surface area (Å²) in [4.78, 5) is 25.8. The lowest BCUT2D eigenvalue weighted by atomic mass is 10.1. The minimum Gasteiger partial charge on any atom is -0.478 e. The molecule has 8 nitrogen and oxygen atoms in total. The van der Waals surface area contributed by atoms with Gasteiger partial charge in [0.2, 0.25) is 0 Å². The van der Waals surface area contributed by atoms with Crippen LogP contribution in [0.5, 0.6) is 5.75 Å². The molecule has 170 valence electrons. The second-order valence-electron chi connectivity index (χ2n) is 7.12. The van der Waals surface area contributed by atoms with E-state index in [1.54, 1.807) is 23.2 Å². The van der Waals surface area contributed by atoms with E-state index in [-0.39, 0.29) is 18.2 Å². The standard InChI is InChI=1S/C21H21F3N4O4/c1-3-13(2)27(12-14-8-9-28-18(10-14)17(11-25-28)19(29)30)20(31)26-15-4-6-16(7-5-15)32-21(22,23)24/h4-11,13H,3,12H2,1-2H3,(H,26,31)(H,29,30). The summed E-state index contributed by atoms with van der Waals surface area (Å²) in [5, 5.41) is 16.0. The zero-order chi connectivity index (χ0) is 23.5. The number of ether oxygens (including phenoxy) is 1. The van der Waals surface area contributed by atoms with Gasteiger partial charge in [-0.2, -0.15) is 5.10 Å². The monoisotopic (exact) mass is 450 g/mol. The first-order valence-corrected chi connectivity index (χ1v) is 9.70. The molecule has 2 N–H and O–H groups in total. The highest BCUT2D eigenvalue weighted by Crippen LogP contribution is 2.24. The van der Waals surface area contributed by atoms with E-state index in [1.165, 1.54) is 22.8 Å². The van der Waals surface area contributed by atoms with Crippen LogP contribution in [0.3, 0.4) is 0 Å². The number of carboxylic acid groups (broad SMARTS) is 1. The van der Waals surface area contributed by atoms with Gasteiger partial charge in [0.25, 0.3) is 0 Å². The molecule has 0 saturated carbocycles. The number of fused-ring (bicyclic) bond motifs is 1. The zero-order valence-electron chi connectivity index (χ0n) is 17.3. The van der Waals surface area contributed by atoms with E-state index in [2.05, 4.69) is 15.2 Å². The van der Waals surface area contributed by atoms with Gasteiger partial charge in [-0.3, -0.25) is 0 Å². The fourth-order valence-electron chi connectivity index (χ4n) is 3.07. The summed E-state index contributed by atoms with van der Waals surface area (Å²) in [5.41, 5.74) is 1.45. The summed E-state index contributed by atoms with van der Waals surface area (Å²) >= 11 is 0. The number of anilines is 1. The number of aromatic nitrogens is 2. The van der Waals surface area contributed by atoms with Gasteiger partial charge in [0.1, 0.15) is 11.3 Å². The summed E-state index contributed by atoms with van der Waals surface area (Å²) in [7, 11) is 0. The number of hydrogen-bond donors (Lipinski definition) is 2. The summed E-state index contributed by atoms with van der Waals surface area (Å²) in [5.74, 6) is -1.50. The van der Waals surface area contributed by atoms with Crippen LogP contribution in [0.2, 0.25) is 0 Å². The van der Waals surface area contributed by atoms with Crippen LogP contribution in [-0.4, -0.2) is 44.0 Å². The number of hydrogen-bond acceptors (Lipinski definition) is 4. The predicted molar refractivity (Wildman–Crippen MR) is 110 cm³/mol. The van der Waals surface area contributed by atoms with Gasteiger partial charge in [0.15, 0.2) is 0 Å². The largest absolute Gasteiger partial charge is 0.573 e. The average molecular weight is 450 g/mol. The highest BCUT2D eigenvalue weighted by Gasteiger charge is 2.31. The number of rotatable bonds is 7. The van der Waals surface area contributed by atoms with E-state index < -0.39 is 24.1 Å². The second kappa shape index (κ2) is 9.16. The van der Waals surface area contributed by atoms with Gasteiger partial charge in [-0.05, 0) is 55.3 Å². The number of halogens is 3. The van der Waals surface area contributed by atoms with Gasteiger partial charge in [-0.15, -0.1) is 13.2 Å². The molecule has 1 aromatic carbocycles. The number of carbonyl (C=O) groups excluding carboxylic acids is 1. The van der Waals surface area contributed by atoms with E-state index in [1.807, 2.05) is 13.8 Å². The van der Waals surface area contributed by atoms with Crippen LogP contribution >= 0.6 is 0 Å². The lowest BCUT2D eigenvalue weighted by Crippen LogP contribution is -2.40. The van der Waals surface area contributed by atoms with Gasteiger partial charge in [0.05, 0.1) is 11.7 Å². The highest BCUT2D eigenvalue weighted by atomic mass is 19.4. The van der Waals surface area contributed by atoms with Crippen LogP contribution in [0.25, 0.3) is 5.52 Å². The van der Waals surface area contributed by atoms with Crippen molar-refractivity contribution in [2.24, 2.45) is 0 Å². The summed E-state index contributed by atoms with van der Waals surface area (Å²) in [6, 6.07) is 7.62. The number of carboxylic acids is 1. The number of carbonyl (C=O) groups is 2. The molecule has 1 atom stereocenters. The topological polar surface area (TPSA) is 96.2 Å². The van der Waals surface area contributed by atoms with Crippen LogP contribution in [0.1, 0.15) is 36.2 Å². The molecule has 2 heterocycles. The van der Waals surface area contributed by atoms with Crippen molar-refractivity contribution < 1.29 is 32.6 Å². The van der Waals surface area contributed by atoms with Crippen LogP contribution < -0.4 is 10.1 Å². The maximum atomic E-state index is 12.9. The molecule has 3 rings (SSSR count). The molecule has 0 spiro atoms. The van der Waals surface area contributed by atoms with E-state index in [9.17, 15) is 27.9 Å². The van der Waals surface area contributed by atoms with Crippen molar-refractivity contribution >= 4 is 23.2 Å². The Morgan fingerprint density at radius 3 is 2.53 bits per heavy atom. The molecule has 32 heavy (non-hydrogen) atoms. The molecule has 0 fully saturated rings. The van der Waals surface area contributed by atoms with E-state index in [4.69, 9.17) is 0 Å². The Balaban J connectivity index is 1.78. The molecule has 3 aromatic rings. The van der Waals surface area contributed by atoms with Crippen LogP contribution in [-0.2, 0) is 6.54 Å². The van der Waals surface area contributed by atoms with Crippen molar-refractivity contribution in [2.45, 2.75) is 39.2 Å². The minimum atomic E-state index is -4.80. The van der Waals surface area contributed by atoms with Crippen molar-refractivity contribution in [3.05, 3.63) is 59.9 Å². The van der Waals surface area contributed by atoms with Crippen molar-refractivity contribution in [1.29, 1.82) is 0 Å². The molecule has 1 unspecified atom stereocenters. The Kier molecular flexibility index (Phi) is 6.56.